The zero-order valence-electron chi connectivity index (χ0n) is 19.2. The first-order valence-corrected chi connectivity index (χ1v) is 11.4. The Balaban J connectivity index is 1.18. The zero-order chi connectivity index (χ0) is 24.8. The Kier molecular flexibility index (Phi) is 7.37. The molecule has 35 heavy (non-hydrogen) atoms. The molecule has 0 saturated heterocycles. The minimum atomic E-state index is -2.98. The smallest absolute Gasteiger partial charge is 0.273 e. The summed E-state index contributed by atoms with van der Waals surface area (Å²) in [6.07, 6.45) is 7.03. The number of halogens is 2. The molecule has 3 aromatic rings. The second-order valence-electron chi connectivity index (χ2n) is 8.60. The number of rotatable bonds is 11. The van der Waals surface area contributed by atoms with Gasteiger partial charge in [0, 0.05) is 31.1 Å². The monoisotopic (exact) mass is 484 g/mol. The summed E-state index contributed by atoms with van der Waals surface area (Å²) in [6.45, 7) is 1.38. The minimum Gasteiger partial charge on any atom is -0.345 e. The first kappa shape index (κ1) is 24.3. The van der Waals surface area contributed by atoms with E-state index >= 15 is 0 Å². The van der Waals surface area contributed by atoms with E-state index in [1.807, 2.05) is 6.07 Å². The molecule has 2 amide bonds. The topological polar surface area (TPSA) is 128 Å². The molecule has 4 rings (SSSR count). The van der Waals surface area contributed by atoms with Gasteiger partial charge in [0.2, 0.25) is 5.91 Å². The Bertz CT molecular complexity index is 1170. The van der Waals surface area contributed by atoms with E-state index in [1.54, 1.807) is 10.7 Å². The van der Waals surface area contributed by atoms with Gasteiger partial charge in [0.1, 0.15) is 0 Å². The number of hydrogen-bond donors (Lipinski definition) is 2. The highest BCUT2D eigenvalue weighted by molar-refractivity contribution is 5.93. The molecule has 3 aromatic heterocycles. The van der Waals surface area contributed by atoms with Crippen molar-refractivity contribution < 1.29 is 18.4 Å². The number of hydrogen-bond acceptors (Lipinski definition) is 7. The molecule has 0 bridgehead atoms. The van der Waals surface area contributed by atoms with Gasteiger partial charge >= 0.3 is 0 Å². The molecule has 0 radical (unpaired) electrons. The van der Waals surface area contributed by atoms with E-state index in [1.165, 1.54) is 24.5 Å². The summed E-state index contributed by atoms with van der Waals surface area (Å²) >= 11 is 0. The van der Waals surface area contributed by atoms with Crippen molar-refractivity contribution in [1.82, 2.24) is 35.5 Å². The van der Waals surface area contributed by atoms with Crippen molar-refractivity contribution in [3.8, 4) is 0 Å². The Morgan fingerprint density at radius 3 is 2.66 bits per heavy atom. The van der Waals surface area contributed by atoms with Gasteiger partial charge in [0.05, 0.1) is 24.1 Å². The normalized spacial score (nSPS) is 13.5. The van der Waals surface area contributed by atoms with Crippen molar-refractivity contribution in [1.29, 1.82) is 0 Å². The summed E-state index contributed by atoms with van der Waals surface area (Å²) in [6, 6.07) is 6.11. The van der Waals surface area contributed by atoms with Crippen LogP contribution in [0.4, 0.5) is 14.6 Å². The minimum absolute atomic E-state index is 0.0000455. The van der Waals surface area contributed by atoms with Gasteiger partial charge < -0.3 is 10.6 Å². The Morgan fingerprint density at radius 2 is 1.94 bits per heavy atom. The van der Waals surface area contributed by atoms with Crippen molar-refractivity contribution in [3.05, 3.63) is 59.3 Å². The molecule has 0 spiro atoms. The van der Waals surface area contributed by atoms with Crippen LogP contribution in [0.3, 0.4) is 0 Å². The van der Waals surface area contributed by atoms with Crippen molar-refractivity contribution in [2.45, 2.75) is 58.0 Å². The Morgan fingerprint density at radius 1 is 1.11 bits per heavy atom. The van der Waals surface area contributed by atoms with Crippen LogP contribution in [-0.2, 0) is 30.2 Å². The fraction of sp³-hybridized carbons (Fsp3) is 0.435. The summed E-state index contributed by atoms with van der Waals surface area (Å²) in [7, 11) is 0. The third-order valence-corrected chi connectivity index (χ3v) is 5.51. The molecule has 1 fully saturated rings. The SMILES string of the molecule is CC(F)(F)c1ccnc(CNC(=O)c2cn(CCCCc3ccc(NC(=O)C4CC4)nn3)nn2)c1. The molecule has 1 aliphatic rings. The Labute approximate surface area is 200 Å². The lowest BCUT2D eigenvalue weighted by molar-refractivity contribution is -0.117. The number of carbonyl (C=O) groups is 2. The quantitative estimate of drug-likeness (QED) is 0.401. The summed E-state index contributed by atoms with van der Waals surface area (Å²) in [4.78, 5) is 28.1. The molecular formula is C23H26F2N8O2. The Hall–Kier alpha value is -3.83. The summed E-state index contributed by atoms with van der Waals surface area (Å²) in [5.74, 6) is -2.86. The average Bonchev–Trinajstić information content (AvgIpc) is 3.59. The number of unbranched alkanes of at least 4 members (excludes halogenated alkanes) is 1. The number of carbonyl (C=O) groups excluding carboxylic acids is 2. The molecule has 1 aliphatic carbocycles. The standard InChI is InChI=1S/C23H26F2N8O2/c1-23(24,25)16-9-10-26-18(12-16)13-27-22(35)19-14-33(32-30-19)11-3-2-4-17-7-8-20(31-29-17)28-21(34)15-5-6-15/h7-10,12,14-15H,2-6,11,13H2,1H3,(H,27,35)(H,28,31,34). The zero-order valence-corrected chi connectivity index (χ0v) is 19.2. The predicted octanol–water partition coefficient (Wildman–Crippen LogP) is 2.88. The van der Waals surface area contributed by atoms with E-state index in [0.717, 1.165) is 44.7 Å². The number of anilines is 1. The maximum atomic E-state index is 13.5. The van der Waals surface area contributed by atoms with Crippen molar-refractivity contribution in [2.24, 2.45) is 5.92 Å². The second-order valence-corrected chi connectivity index (χ2v) is 8.60. The van der Waals surface area contributed by atoms with Crippen LogP contribution in [0.15, 0.2) is 36.7 Å². The van der Waals surface area contributed by atoms with E-state index in [2.05, 4.69) is 36.1 Å². The van der Waals surface area contributed by atoms with Gasteiger partial charge in [-0.1, -0.05) is 5.21 Å². The third-order valence-electron chi connectivity index (χ3n) is 5.51. The van der Waals surface area contributed by atoms with Gasteiger partial charge in [0.15, 0.2) is 11.5 Å². The van der Waals surface area contributed by atoms with Crippen LogP contribution in [0, 0.1) is 5.92 Å². The van der Waals surface area contributed by atoms with Crippen molar-refractivity contribution >= 4 is 17.6 Å². The molecule has 0 atom stereocenters. The summed E-state index contributed by atoms with van der Waals surface area (Å²) in [5, 5.41) is 21.4. The fourth-order valence-corrected chi connectivity index (χ4v) is 3.33. The molecule has 2 N–H and O–H groups in total. The maximum absolute atomic E-state index is 13.5. The average molecular weight is 485 g/mol. The van der Waals surface area contributed by atoms with Crippen LogP contribution in [0.1, 0.15) is 60.0 Å². The predicted molar refractivity (Wildman–Crippen MR) is 121 cm³/mol. The number of nitrogens with zero attached hydrogens (tertiary/aromatic N) is 6. The van der Waals surface area contributed by atoms with Gasteiger partial charge in [-0.3, -0.25) is 19.3 Å². The largest absolute Gasteiger partial charge is 0.345 e. The van der Waals surface area contributed by atoms with Crippen LogP contribution >= 0.6 is 0 Å². The summed E-state index contributed by atoms with van der Waals surface area (Å²) < 4.78 is 28.5. The number of pyridine rings is 1. The molecule has 184 valence electrons. The van der Waals surface area contributed by atoms with Gasteiger partial charge in [-0.15, -0.1) is 10.2 Å². The molecule has 3 heterocycles. The van der Waals surface area contributed by atoms with Crippen LogP contribution in [-0.4, -0.2) is 42.0 Å². The van der Waals surface area contributed by atoms with Crippen LogP contribution in [0.25, 0.3) is 0 Å². The molecule has 0 aliphatic heterocycles. The highest BCUT2D eigenvalue weighted by atomic mass is 19.3. The number of alkyl halides is 2. The first-order chi connectivity index (χ1) is 16.8. The third kappa shape index (κ3) is 7.08. The van der Waals surface area contributed by atoms with Crippen molar-refractivity contribution in [3.63, 3.8) is 0 Å². The molecule has 0 unspecified atom stereocenters. The van der Waals surface area contributed by atoms with Gasteiger partial charge in [-0.2, -0.15) is 5.10 Å². The molecule has 0 aromatic carbocycles. The van der Waals surface area contributed by atoms with E-state index in [9.17, 15) is 18.4 Å². The highest BCUT2D eigenvalue weighted by Crippen LogP contribution is 2.30. The van der Waals surface area contributed by atoms with Crippen LogP contribution in [0.5, 0.6) is 0 Å². The lowest BCUT2D eigenvalue weighted by Crippen LogP contribution is -2.24. The number of amides is 2. The van der Waals surface area contributed by atoms with E-state index in [4.69, 9.17) is 0 Å². The van der Waals surface area contributed by atoms with Crippen LogP contribution in [0.2, 0.25) is 0 Å². The molecule has 1 saturated carbocycles. The van der Waals surface area contributed by atoms with E-state index < -0.39 is 11.8 Å². The van der Waals surface area contributed by atoms with Crippen molar-refractivity contribution in [2.75, 3.05) is 5.32 Å². The van der Waals surface area contributed by atoms with Gasteiger partial charge in [-0.05, 0) is 56.4 Å². The lowest BCUT2D eigenvalue weighted by atomic mass is 10.1. The molecule has 12 heteroatoms. The number of aromatic nitrogens is 6. The molecule has 10 nitrogen and oxygen atoms in total. The first-order valence-electron chi connectivity index (χ1n) is 11.4. The van der Waals surface area contributed by atoms with Gasteiger partial charge in [0.25, 0.3) is 11.8 Å². The highest BCUT2D eigenvalue weighted by Gasteiger charge is 2.29. The fourth-order valence-electron chi connectivity index (χ4n) is 3.33. The molecular weight excluding hydrogens is 458 g/mol. The second kappa shape index (κ2) is 10.6. The number of aryl methyl sites for hydroxylation is 2. The summed E-state index contributed by atoms with van der Waals surface area (Å²) in [5.41, 5.74) is 1.12. The number of nitrogens with one attached hydrogen (secondary N) is 2. The maximum Gasteiger partial charge on any atom is 0.273 e. The van der Waals surface area contributed by atoms with E-state index in [0.29, 0.717) is 18.1 Å². The van der Waals surface area contributed by atoms with E-state index in [-0.39, 0.29) is 29.6 Å². The lowest BCUT2D eigenvalue weighted by Gasteiger charge is -2.11. The van der Waals surface area contributed by atoms with Gasteiger partial charge in [-0.25, -0.2) is 8.78 Å². The van der Waals surface area contributed by atoms with Crippen LogP contribution < -0.4 is 10.6 Å².